The summed E-state index contributed by atoms with van der Waals surface area (Å²) in [5.74, 6) is 1.47. The zero-order valence-corrected chi connectivity index (χ0v) is 19.7. The Balaban J connectivity index is 1.39. The fourth-order valence-corrected chi connectivity index (χ4v) is 6.83. The highest BCUT2D eigenvalue weighted by molar-refractivity contribution is 5.39. The molecule has 1 nitrogen and oxygen atoms in total. The Kier molecular flexibility index (Phi) is 8.06. The topological polar surface area (TPSA) is 9.23 Å². The van der Waals surface area contributed by atoms with E-state index in [9.17, 15) is 0 Å². The van der Waals surface area contributed by atoms with E-state index < -0.39 is 0 Å². The van der Waals surface area contributed by atoms with Crippen LogP contribution in [-0.2, 0) is 17.6 Å². The average Bonchev–Trinajstić information content (AvgIpc) is 2.77. The van der Waals surface area contributed by atoms with E-state index >= 15 is 8.78 Å². The van der Waals surface area contributed by atoms with Gasteiger partial charge in [-0.15, -0.1) is 0 Å². The zero-order valence-electron chi connectivity index (χ0n) is 19.7. The third-order valence-corrected chi connectivity index (χ3v) is 8.53. The molecule has 2 saturated carbocycles. The van der Waals surface area contributed by atoms with Crippen LogP contribution in [-0.4, -0.2) is 12.7 Å². The van der Waals surface area contributed by atoms with Crippen LogP contribution >= 0.6 is 0 Å². The molecule has 4 rings (SSSR count). The van der Waals surface area contributed by atoms with Crippen LogP contribution in [0.2, 0.25) is 0 Å². The minimum atomic E-state index is -0.273. The normalized spacial score (nSPS) is 30.6. The van der Waals surface area contributed by atoms with E-state index in [1.807, 2.05) is 0 Å². The van der Waals surface area contributed by atoms with Crippen molar-refractivity contribution in [3.8, 4) is 0 Å². The summed E-state index contributed by atoms with van der Waals surface area (Å²) >= 11 is 0. The van der Waals surface area contributed by atoms with Crippen molar-refractivity contribution in [1.82, 2.24) is 0 Å². The van der Waals surface area contributed by atoms with Gasteiger partial charge in [0.05, 0.1) is 6.10 Å². The van der Waals surface area contributed by atoms with Gasteiger partial charge in [0, 0.05) is 12.2 Å². The van der Waals surface area contributed by atoms with Crippen molar-refractivity contribution in [1.29, 1.82) is 0 Å². The first-order valence-corrected chi connectivity index (χ1v) is 13.2. The molecular weight excluding hydrogens is 390 g/mol. The number of hydrogen-bond acceptors (Lipinski definition) is 1. The molecule has 2 fully saturated rings. The zero-order chi connectivity index (χ0) is 21.8. The van der Waals surface area contributed by atoms with Crippen molar-refractivity contribution < 1.29 is 13.5 Å². The smallest absolute Gasteiger partial charge is 0.133 e. The standard InChI is InChI=1S/C28H42F2O/c1-3-5-6-14-31-24-12-11-20-16-22(10-9-21(20)17-24)27-26(29)18-23-15-19(7-4-2)8-13-25(23)28(27)30/h18-22,24H,3-17H2,1-2H3. The third-order valence-electron chi connectivity index (χ3n) is 8.53. The van der Waals surface area contributed by atoms with Gasteiger partial charge in [0.25, 0.3) is 0 Å². The predicted molar refractivity (Wildman–Crippen MR) is 123 cm³/mol. The fraction of sp³-hybridized carbons (Fsp3) is 0.786. The third kappa shape index (κ3) is 5.34. The Morgan fingerprint density at radius 3 is 2.55 bits per heavy atom. The Bertz CT molecular complexity index is 730. The first kappa shape index (κ1) is 23.2. The van der Waals surface area contributed by atoms with Gasteiger partial charge in [0.1, 0.15) is 11.6 Å². The molecule has 0 N–H and O–H groups in total. The number of fused-ring (bicyclic) bond motifs is 2. The monoisotopic (exact) mass is 432 g/mol. The second-order valence-electron chi connectivity index (χ2n) is 10.7. The van der Waals surface area contributed by atoms with Crippen molar-refractivity contribution in [3.05, 3.63) is 34.4 Å². The largest absolute Gasteiger partial charge is 0.378 e. The number of ether oxygens (including phenoxy) is 1. The maximum Gasteiger partial charge on any atom is 0.133 e. The summed E-state index contributed by atoms with van der Waals surface area (Å²) in [6, 6.07) is 1.70. The molecule has 0 bridgehead atoms. The van der Waals surface area contributed by atoms with Gasteiger partial charge in [0.15, 0.2) is 0 Å². The Morgan fingerprint density at radius 2 is 1.74 bits per heavy atom. The molecule has 0 spiro atoms. The highest BCUT2D eigenvalue weighted by Crippen LogP contribution is 2.48. The van der Waals surface area contributed by atoms with E-state index in [0.717, 1.165) is 81.9 Å². The summed E-state index contributed by atoms with van der Waals surface area (Å²) in [5, 5.41) is 0. The van der Waals surface area contributed by atoms with Gasteiger partial charge in [-0.1, -0.05) is 39.5 Å². The van der Waals surface area contributed by atoms with E-state index in [4.69, 9.17) is 4.74 Å². The van der Waals surface area contributed by atoms with Gasteiger partial charge in [-0.05, 0) is 105 Å². The van der Waals surface area contributed by atoms with E-state index in [0.29, 0.717) is 29.4 Å². The molecule has 1 aromatic rings. The van der Waals surface area contributed by atoms with Crippen LogP contribution in [0.4, 0.5) is 8.78 Å². The minimum Gasteiger partial charge on any atom is -0.378 e. The van der Waals surface area contributed by atoms with Crippen molar-refractivity contribution in [3.63, 3.8) is 0 Å². The lowest BCUT2D eigenvalue weighted by Crippen LogP contribution is -2.34. The second kappa shape index (κ2) is 10.8. The van der Waals surface area contributed by atoms with Crippen LogP contribution in [0.15, 0.2) is 6.07 Å². The molecule has 0 amide bonds. The molecule has 3 heteroatoms. The lowest BCUT2D eigenvalue weighted by atomic mass is 9.65. The van der Waals surface area contributed by atoms with Crippen LogP contribution in [0.3, 0.4) is 0 Å². The van der Waals surface area contributed by atoms with Gasteiger partial charge in [-0.25, -0.2) is 8.78 Å². The van der Waals surface area contributed by atoms with Gasteiger partial charge in [0.2, 0.25) is 0 Å². The van der Waals surface area contributed by atoms with E-state index in [2.05, 4.69) is 13.8 Å². The maximum absolute atomic E-state index is 15.5. The van der Waals surface area contributed by atoms with Crippen LogP contribution in [0.1, 0.15) is 114 Å². The highest BCUT2D eigenvalue weighted by atomic mass is 19.1. The van der Waals surface area contributed by atoms with Crippen LogP contribution < -0.4 is 0 Å². The fourth-order valence-electron chi connectivity index (χ4n) is 6.83. The minimum absolute atomic E-state index is 0.0573. The van der Waals surface area contributed by atoms with Gasteiger partial charge in [-0.3, -0.25) is 0 Å². The summed E-state index contributed by atoms with van der Waals surface area (Å²) < 4.78 is 36.9. The Labute approximate surface area is 188 Å². The summed E-state index contributed by atoms with van der Waals surface area (Å²) in [6.45, 7) is 5.31. The lowest BCUT2D eigenvalue weighted by Gasteiger charge is -2.42. The second-order valence-corrected chi connectivity index (χ2v) is 10.7. The molecule has 3 aliphatic carbocycles. The summed E-state index contributed by atoms with van der Waals surface area (Å²) in [4.78, 5) is 0. The number of hydrogen-bond donors (Lipinski definition) is 0. The molecule has 5 atom stereocenters. The van der Waals surface area contributed by atoms with Crippen LogP contribution in [0.25, 0.3) is 0 Å². The predicted octanol–water partition coefficient (Wildman–Crippen LogP) is 8.13. The SMILES string of the molecule is CCCCCOC1CCC2CC(c3c(F)cc4c(c3F)CCC(CCC)C4)CCC2C1. The van der Waals surface area contributed by atoms with Crippen molar-refractivity contribution in [2.45, 2.75) is 116 Å². The molecule has 5 unspecified atom stereocenters. The number of rotatable bonds is 8. The molecule has 0 aromatic heterocycles. The molecule has 31 heavy (non-hydrogen) atoms. The van der Waals surface area contributed by atoms with E-state index in [-0.39, 0.29) is 17.6 Å². The lowest BCUT2D eigenvalue weighted by molar-refractivity contribution is -0.0165. The molecule has 0 heterocycles. The average molecular weight is 433 g/mol. The Morgan fingerprint density at radius 1 is 0.935 bits per heavy atom. The molecule has 0 radical (unpaired) electrons. The molecule has 174 valence electrons. The molecular formula is C28H42F2O. The molecule has 3 aliphatic rings. The summed E-state index contributed by atoms with van der Waals surface area (Å²) in [7, 11) is 0. The number of benzene rings is 1. The number of halogens is 2. The van der Waals surface area contributed by atoms with Crippen LogP contribution in [0.5, 0.6) is 0 Å². The van der Waals surface area contributed by atoms with Crippen molar-refractivity contribution >= 4 is 0 Å². The van der Waals surface area contributed by atoms with E-state index in [1.165, 1.54) is 25.7 Å². The van der Waals surface area contributed by atoms with Gasteiger partial charge < -0.3 is 4.74 Å². The van der Waals surface area contributed by atoms with Crippen LogP contribution in [0, 0.1) is 29.4 Å². The van der Waals surface area contributed by atoms with Gasteiger partial charge >= 0.3 is 0 Å². The summed E-state index contributed by atoms with van der Waals surface area (Å²) in [6.07, 6.45) is 15.5. The molecule has 1 aromatic carbocycles. The maximum atomic E-state index is 15.5. The Hall–Kier alpha value is -0.960. The number of unbranched alkanes of at least 4 members (excludes halogenated alkanes) is 2. The van der Waals surface area contributed by atoms with Crippen molar-refractivity contribution in [2.24, 2.45) is 17.8 Å². The molecule has 0 aliphatic heterocycles. The van der Waals surface area contributed by atoms with Crippen molar-refractivity contribution in [2.75, 3.05) is 6.61 Å². The highest BCUT2D eigenvalue weighted by Gasteiger charge is 2.38. The van der Waals surface area contributed by atoms with E-state index in [1.54, 1.807) is 6.07 Å². The molecule has 0 saturated heterocycles. The first-order chi connectivity index (χ1) is 15.1. The van der Waals surface area contributed by atoms with Gasteiger partial charge in [-0.2, -0.15) is 0 Å². The first-order valence-electron chi connectivity index (χ1n) is 13.2. The quantitative estimate of drug-likeness (QED) is 0.377. The summed E-state index contributed by atoms with van der Waals surface area (Å²) in [5.41, 5.74) is 2.19.